The number of allylic oxidation sites excluding steroid dienone is 2. The van der Waals surface area contributed by atoms with Gasteiger partial charge in [0.2, 0.25) is 0 Å². The lowest BCUT2D eigenvalue weighted by molar-refractivity contribution is -0.168. The number of ketones is 1. The highest BCUT2D eigenvalue weighted by Gasteiger charge is 2.54. The van der Waals surface area contributed by atoms with Gasteiger partial charge in [-0.3, -0.25) is 14.4 Å². The van der Waals surface area contributed by atoms with Crippen molar-refractivity contribution in [2.75, 3.05) is 14.2 Å². The van der Waals surface area contributed by atoms with E-state index in [1.165, 1.54) is 14.2 Å². The van der Waals surface area contributed by atoms with Gasteiger partial charge >= 0.3 is 11.9 Å². The molecule has 0 aromatic heterocycles. The number of carbonyl (C=O) groups is 3. The maximum atomic E-state index is 13.1. The molecule has 5 heteroatoms. The lowest BCUT2D eigenvalue weighted by Gasteiger charge is -2.25. The van der Waals surface area contributed by atoms with E-state index in [1.807, 2.05) is 6.07 Å². The predicted octanol–water partition coefficient (Wildman–Crippen LogP) is 3.73. The Hall–Kier alpha value is -2.43. The van der Waals surface area contributed by atoms with Crippen molar-refractivity contribution < 1.29 is 23.9 Å². The van der Waals surface area contributed by atoms with Crippen LogP contribution in [0.5, 0.6) is 0 Å². The summed E-state index contributed by atoms with van der Waals surface area (Å²) in [6.45, 7) is 6.17. The maximum absolute atomic E-state index is 13.1. The second-order valence-corrected chi connectivity index (χ2v) is 7.93. The Morgan fingerprint density at radius 1 is 0.962 bits per heavy atom. The van der Waals surface area contributed by atoms with Gasteiger partial charge in [-0.1, -0.05) is 56.7 Å². The van der Waals surface area contributed by atoms with Gasteiger partial charge < -0.3 is 9.47 Å². The summed E-state index contributed by atoms with van der Waals surface area (Å²) in [5.74, 6) is -1.47. The third-order valence-electron chi connectivity index (χ3n) is 4.63. The molecule has 2 rings (SSSR count). The van der Waals surface area contributed by atoms with Crippen molar-refractivity contribution >= 4 is 17.7 Å². The van der Waals surface area contributed by atoms with Gasteiger partial charge in [-0.05, 0) is 18.3 Å². The first-order valence-corrected chi connectivity index (χ1v) is 8.62. The van der Waals surface area contributed by atoms with E-state index in [-0.39, 0.29) is 24.0 Å². The van der Waals surface area contributed by atoms with E-state index in [9.17, 15) is 14.4 Å². The van der Waals surface area contributed by atoms with Crippen molar-refractivity contribution in [3.8, 4) is 0 Å². The number of ether oxygens (including phenoxy) is 2. The number of esters is 2. The summed E-state index contributed by atoms with van der Waals surface area (Å²) >= 11 is 0. The van der Waals surface area contributed by atoms with E-state index in [2.05, 4.69) is 20.8 Å². The van der Waals surface area contributed by atoms with Crippen LogP contribution in [-0.2, 0) is 19.1 Å². The molecule has 0 N–H and O–H groups in total. The number of carbonyl (C=O) groups excluding carboxylic acids is 3. The molecular weight excluding hydrogens is 332 g/mol. The van der Waals surface area contributed by atoms with Crippen LogP contribution in [0, 0.1) is 10.8 Å². The molecule has 1 aromatic carbocycles. The number of benzene rings is 1. The summed E-state index contributed by atoms with van der Waals surface area (Å²) < 4.78 is 9.79. The molecule has 0 saturated carbocycles. The summed E-state index contributed by atoms with van der Waals surface area (Å²) in [6, 6.07) is 8.89. The smallest absolute Gasteiger partial charge is 0.323 e. The fraction of sp³-hybridized carbons (Fsp3) is 0.476. The Labute approximate surface area is 154 Å². The summed E-state index contributed by atoms with van der Waals surface area (Å²) in [5, 5.41) is 0. The molecule has 0 saturated heterocycles. The first-order valence-electron chi connectivity index (χ1n) is 8.62. The van der Waals surface area contributed by atoms with Crippen molar-refractivity contribution in [1.29, 1.82) is 0 Å². The van der Waals surface area contributed by atoms with Crippen LogP contribution in [0.25, 0.3) is 0 Å². The van der Waals surface area contributed by atoms with E-state index < -0.39 is 17.4 Å². The summed E-state index contributed by atoms with van der Waals surface area (Å²) in [5.41, 5.74) is 0.299. The predicted molar refractivity (Wildman–Crippen MR) is 97.6 cm³/mol. The first kappa shape index (κ1) is 19.9. The molecule has 0 aliphatic heterocycles. The Kier molecular flexibility index (Phi) is 5.69. The highest BCUT2D eigenvalue weighted by Crippen LogP contribution is 2.48. The molecule has 0 spiro atoms. The van der Waals surface area contributed by atoms with Gasteiger partial charge in [0.15, 0.2) is 11.2 Å². The highest BCUT2D eigenvalue weighted by atomic mass is 16.5. The largest absolute Gasteiger partial charge is 0.468 e. The van der Waals surface area contributed by atoms with Crippen molar-refractivity contribution in [2.45, 2.75) is 40.0 Å². The number of methoxy groups -OCH3 is 2. The Morgan fingerprint density at radius 2 is 1.50 bits per heavy atom. The van der Waals surface area contributed by atoms with Crippen LogP contribution in [0.4, 0.5) is 0 Å². The van der Waals surface area contributed by atoms with Crippen molar-refractivity contribution in [3.05, 3.63) is 47.0 Å². The van der Waals surface area contributed by atoms with Crippen LogP contribution >= 0.6 is 0 Å². The SMILES string of the molecule is COC(=O)C1(C(=O)OC)CC(CC(C)(C)C)=C(C(=O)c2ccccc2)C1. The minimum absolute atomic E-state index is 0.00544. The Balaban J connectivity index is 2.51. The van der Waals surface area contributed by atoms with E-state index >= 15 is 0 Å². The average Bonchev–Trinajstić information content (AvgIpc) is 2.99. The summed E-state index contributed by atoms with van der Waals surface area (Å²) in [4.78, 5) is 38.1. The van der Waals surface area contributed by atoms with Crippen LogP contribution in [0.15, 0.2) is 41.5 Å². The summed E-state index contributed by atoms with van der Waals surface area (Å²) in [6.07, 6.45) is 0.764. The van der Waals surface area contributed by atoms with Gasteiger partial charge in [-0.25, -0.2) is 0 Å². The molecule has 1 aliphatic rings. The molecule has 140 valence electrons. The quantitative estimate of drug-likeness (QED) is 0.456. The molecule has 26 heavy (non-hydrogen) atoms. The molecule has 0 bridgehead atoms. The number of rotatable bonds is 5. The zero-order valence-electron chi connectivity index (χ0n) is 16.0. The van der Waals surface area contributed by atoms with Gasteiger partial charge in [0.1, 0.15) is 0 Å². The average molecular weight is 358 g/mol. The molecular formula is C21H26O5. The zero-order chi connectivity index (χ0) is 19.5. The van der Waals surface area contributed by atoms with Crippen LogP contribution in [0.2, 0.25) is 0 Å². The maximum Gasteiger partial charge on any atom is 0.323 e. The van der Waals surface area contributed by atoms with Gasteiger partial charge in [0.05, 0.1) is 14.2 Å². The molecule has 0 amide bonds. The van der Waals surface area contributed by atoms with E-state index in [0.717, 1.165) is 5.57 Å². The lowest BCUT2D eigenvalue weighted by atomic mass is 9.81. The van der Waals surface area contributed by atoms with Crippen molar-refractivity contribution in [2.24, 2.45) is 10.8 Å². The van der Waals surface area contributed by atoms with Gasteiger partial charge in [0.25, 0.3) is 0 Å². The molecule has 5 nitrogen and oxygen atoms in total. The fourth-order valence-corrected chi connectivity index (χ4v) is 3.54. The van der Waals surface area contributed by atoms with Gasteiger partial charge in [-0.2, -0.15) is 0 Å². The highest BCUT2D eigenvalue weighted by molar-refractivity contribution is 6.12. The van der Waals surface area contributed by atoms with Gasteiger partial charge in [0, 0.05) is 17.6 Å². The Bertz CT molecular complexity index is 721. The number of Topliss-reactive ketones (excluding diaryl/α,β-unsaturated/α-hetero) is 1. The third kappa shape index (κ3) is 3.87. The molecule has 0 radical (unpaired) electrons. The molecule has 0 fully saturated rings. The molecule has 1 aliphatic carbocycles. The van der Waals surface area contributed by atoms with Crippen LogP contribution in [0.1, 0.15) is 50.4 Å². The molecule has 0 heterocycles. The van der Waals surface area contributed by atoms with Crippen LogP contribution in [0.3, 0.4) is 0 Å². The number of hydrogen-bond donors (Lipinski definition) is 0. The fourth-order valence-electron chi connectivity index (χ4n) is 3.54. The third-order valence-corrected chi connectivity index (χ3v) is 4.63. The molecule has 0 unspecified atom stereocenters. The molecule has 0 atom stereocenters. The van der Waals surface area contributed by atoms with Crippen LogP contribution in [-0.4, -0.2) is 31.9 Å². The zero-order valence-corrected chi connectivity index (χ0v) is 16.0. The second-order valence-electron chi connectivity index (χ2n) is 7.93. The Morgan fingerprint density at radius 3 is 1.96 bits per heavy atom. The van der Waals surface area contributed by atoms with Crippen molar-refractivity contribution in [3.63, 3.8) is 0 Å². The minimum Gasteiger partial charge on any atom is -0.468 e. The van der Waals surface area contributed by atoms with Gasteiger partial charge in [-0.15, -0.1) is 0 Å². The van der Waals surface area contributed by atoms with E-state index in [0.29, 0.717) is 17.6 Å². The number of hydrogen-bond acceptors (Lipinski definition) is 5. The summed E-state index contributed by atoms with van der Waals surface area (Å²) in [7, 11) is 2.49. The second kappa shape index (κ2) is 7.44. The van der Waals surface area contributed by atoms with E-state index in [1.54, 1.807) is 24.3 Å². The lowest BCUT2D eigenvalue weighted by Crippen LogP contribution is -2.40. The molecule has 1 aromatic rings. The van der Waals surface area contributed by atoms with Crippen LogP contribution < -0.4 is 0 Å². The minimum atomic E-state index is -1.48. The first-order chi connectivity index (χ1) is 12.1. The van der Waals surface area contributed by atoms with E-state index in [4.69, 9.17) is 9.47 Å². The standard InChI is InChI=1S/C21H26O5/c1-20(2,3)11-15-12-21(18(23)25-4,19(24)26-5)13-16(15)17(22)14-9-7-6-8-10-14/h6-10H,11-13H2,1-5H3. The normalized spacial score (nSPS) is 16.3. The topological polar surface area (TPSA) is 69.7 Å². The van der Waals surface area contributed by atoms with Crippen molar-refractivity contribution in [1.82, 2.24) is 0 Å². The monoisotopic (exact) mass is 358 g/mol.